The molecule has 2 N–H and O–H groups in total. The summed E-state index contributed by atoms with van der Waals surface area (Å²) in [5.74, 6) is 0.191. The summed E-state index contributed by atoms with van der Waals surface area (Å²) in [6.45, 7) is 2.30. The molecule has 2 aromatic carbocycles. The monoisotopic (exact) mass is 387 g/mol. The van der Waals surface area contributed by atoms with E-state index in [1.807, 2.05) is 6.92 Å². The highest BCUT2D eigenvalue weighted by Gasteiger charge is 2.19. The number of ether oxygens (including phenoxy) is 1. The third kappa shape index (κ3) is 3.34. The molecule has 2 aromatic rings. The van der Waals surface area contributed by atoms with E-state index in [2.05, 4.69) is 15.9 Å². The van der Waals surface area contributed by atoms with Gasteiger partial charge in [-0.25, -0.2) is 0 Å². The number of carbonyl (C=O) groups excluding carboxylic acids is 1. The maximum absolute atomic E-state index is 12.6. The third-order valence-electron chi connectivity index (χ3n) is 2.84. The Morgan fingerprint density at radius 3 is 2.62 bits per heavy atom. The van der Waals surface area contributed by atoms with Crippen LogP contribution < -0.4 is 10.5 Å². The Hall–Kier alpha value is -1.23. The Kier molecular flexibility index (Phi) is 5.14. The van der Waals surface area contributed by atoms with Crippen LogP contribution in [0.5, 0.6) is 5.75 Å². The van der Waals surface area contributed by atoms with Gasteiger partial charge in [0, 0.05) is 22.9 Å². The molecule has 0 bridgehead atoms. The highest BCUT2D eigenvalue weighted by molar-refractivity contribution is 9.10. The lowest BCUT2D eigenvalue weighted by Gasteiger charge is -2.11. The van der Waals surface area contributed by atoms with Crippen LogP contribution in [-0.2, 0) is 0 Å². The summed E-state index contributed by atoms with van der Waals surface area (Å²) in [6.07, 6.45) is 0. The molecule has 0 heterocycles. The van der Waals surface area contributed by atoms with Crippen molar-refractivity contribution < 1.29 is 9.53 Å². The van der Waals surface area contributed by atoms with Gasteiger partial charge in [-0.1, -0.05) is 29.3 Å². The lowest BCUT2D eigenvalue weighted by molar-refractivity contribution is 0.103. The van der Waals surface area contributed by atoms with Gasteiger partial charge in [-0.05, 0) is 41.1 Å². The quantitative estimate of drug-likeness (QED) is 0.594. The number of ketones is 1. The van der Waals surface area contributed by atoms with Crippen LogP contribution in [0, 0.1) is 0 Å². The second-order valence-electron chi connectivity index (χ2n) is 4.23. The van der Waals surface area contributed by atoms with Gasteiger partial charge in [0.05, 0.1) is 21.1 Å². The van der Waals surface area contributed by atoms with Crippen molar-refractivity contribution in [3.05, 3.63) is 56.0 Å². The SMILES string of the molecule is CCOc1cc(Cl)c(C(=O)c2cccc(N)c2Br)cc1Cl. The second kappa shape index (κ2) is 6.69. The molecule has 0 amide bonds. The first-order valence-corrected chi connectivity index (χ1v) is 7.71. The number of rotatable bonds is 4. The van der Waals surface area contributed by atoms with Gasteiger partial charge in [0.2, 0.25) is 0 Å². The lowest BCUT2D eigenvalue weighted by Crippen LogP contribution is -2.05. The first-order chi connectivity index (χ1) is 9.95. The summed E-state index contributed by atoms with van der Waals surface area (Å²) in [4.78, 5) is 12.6. The topological polar surface area (TPSA) is 52.3 Å². The first-order valence-electron chi connectivity index (χ1n) is 6.16. The molecule has 21 heavy (non-hydrogen) atoms. The van der Waals surface area contributed by atoms with Crippen molar-refractivity contribution in [3.63, 3.8) is 0 Å². The minimum absolute atomic E-state index is 0.260. The Morgan fingerprint density at radius 2 is 1.95 bits per heavy atom. The molecule has 0 saturated carbocycles. The number of carbonyl (C=O) groups is 1. The molecule has 0 aliphatic carbocycles. The predicted octanol–water partition coefficient (Wildman–Crippen LogP) is 4.97. The van der Waals surface area contributed by atoms with Crippen molar-refractivity contribution in [2.75, 3.05) is 12.3 Å². The van der Waals surface area contributed by atoms with E-state index in [1.165, 1.54) is 6.07 Å². The molecule has 0 atom stereocenters. The fourth-order valence-corrected chi connectivity index (χ4v) is 2.74. The van der Waals surface area contributed by atoms with Crippen LogP contribution in [0.15, 0.2) is 34.8 Å². The molecule has 0 unspecified atom stereocenters. The number of nitrogens with two attached hydrogens (primary N) is 1. The minimum atomic E-state index is -0.260. The van der Waals surface area contributed by atoms with Gasteiger partial charge in [-0.3, -0.25) is 4.79 Å². The number of halogens is 3. The molecule has 0 aliphatic heterocycles. The highest BCUT2D eigenvalue weighted by Crippen LogP contribution is 2.34. The normalized spacial score (nSPS) is 10.5. The van der Waals surface area contributed by atoms with Crippen LogP contribution in [0.3, 0.4) is 0 Å². The van der Waals surface area contributed by atoms with Gasteiger partial charge in [-0.15, -0.1) is 0 Å². The van der Waals surface area contributed by atoms with Crippen LogP contribution in [0.4, 0.5) is 5.69 Å². The van der Waals surface area contributed by atoms with Crippen LogP contribution in [-0.4, -0.2) is 12.4 Å². The molecule has 3 nitrogen and oxygen atoms in total. The average Bonchev–Trinajstić information content (AvgIpc) is 2.45. The van der Waals surface area contributed by atoms with E-state index in [1.54, 1.807) is 24.3 Å². The Morgan fingerprint density at radius 1 is 1.24 bits per heavy atom. The molecule has 2 rings (SSSR count). The van der Waals surface area contributed by atoms with Gasteiger partial charge < -0.3 is 10.5 Å². The van der Waals surface area contributed by atoms with Crippen LogP contribution >= 0.6 is 39.1 Å². The van der Waals surface area contributed by atoms with E-state index < -0.39 is 0 Å². The zero-order valence-corrected chi connectivity index (χ0v) is 14.2. The molecule has 0 fully saturated rings. The van der Waals surface area contributed by atoms with E-state index in [9.17, 15) is 4.79 Å². The van der Waals surface area contributed by atoms with E-state index in [0.717, 1.165) is 0 Å². The molecular formula is C15H12BrCl2NO2. The summed E-state index contributed by atoms with van der Waals surface area (Å²) < 4.78 is 5.88. The standard InChI is InChI=1S/C15H12BrCl2NO2/c1-2-21-13-7-10(17)9(6-11(13)18)15(20)8-4-3-5-12(19)14(8)16/h3-7H,2,19H2,1H3. The van der Waals surface area contributed by atoms with Crippen molar-refractivity contribution in [2.24, 2.45) is 0 Å². The largest absolute Gasteiger partial charge is 0.492 e. The molecular weight excluding hydrogens is 377 g/mol. The fraction of sp³-hybridized carbons (Fsp3) is 0.133. The Bertz CT molecular complexity index is 704. The van der Waals surface area contributed by atoms with E-state index in [4.69, 9.17) is 33.7 Å². The zero-order valence-electron chi connectivity index (χ0n) is 11.1. The number of benzene rings is 2. The van der Waals surface area contributed by atoms with E-state index >= 15 is 0 Å². The zero-order chi connectivity index (χ0) is 15.6. The smallest absolute Gasteiger partial charge is 0.195 e. The van der Waals surface area contributed by atoms with Gasteiger partial charge in [0.25, 0.3) is 0 Å². The van der Waals surface area contributed by atoms with Crippen molar-refractivity contribution in [1.82, 2.24) is 0 Å². The number of hydrogen-bond donors (Lipinski definition) is 1. The van der Waals surface area contributed by atoms with Crippen molar-refractivity contribution in [1.29, 1.82) is 0 Å². The van der Waals surface area contributed by atoms with Crippen molar-refractivity contribution >= 4 is 50.6 Å². The van der Waals surface area contributed by atoms with Crippen LogP contribution in [0.2, 0.25) is 10.0 Å². The van der Waals surface area contributed by atoms with Gasteiger partial charge in [0.15, 0.2) is 5.78 Å². The summed E-state index contributed by atoms with van der Waals surface area (Å²) in [7, 11) is 0. The minimum Gasteiger partial charge on any atom is -0.492 e. The summed E-state index contributed by atoms with van der Waals surface area (Å²) >= 11 is 15.6. The molecule has 0 aliphatic rings. The van der Waals surface area contributed by atoms with Crippen LogP contribution in [0.25, 0.3) is 0 Å². The van der Waals surface area contributed by atoms with Crippen LogP contribution in [0.1, 0.15) is 22.8 Å². The summed E-state index contributed by atoms with van der Waals surface area (Å²) in [5, 5.41) is 0.617. The average molecular weight is 389 g/mol. The van der Waals surface area contributed by atoms with E-state index in [-0.39, 0.29) is 10.8 Å². The second-order valence-corrected chi connectivity index (χ2v) is 5.84. The molecule has 110 valence electrons. The van der Waals surface area contributed by atoms with Gasteiger partial charge >= 0.3 is 0 Å². The molecule has 6 heteroatoms. The highest BCUT2D eigenvalue weighted by atomic mass is 79.9. The van der Waals surface area contributed by atoms with Crippen molar-refractivity contribution in [3.8, 4) is 5.75 Å². The Labute approximate surface area is 141 Å². The molecule has 0 aromatic heterocycles. The summed E-state index contributed by atoms with van der Waals surface area (Å²) in [5.41, 5.74) is 7.00. The maximum atomic E-state index is 12.6. The molecule has 0 spiro atoms. The molecule has 0 radical (unpaired) electrons. The van der Waals surface area contributed by atoms with E-state index in [0.29, 0.717) is 38.7 Å². The van der Waals surface area contributed by atoms with Gasteiger partial charge in [0.1, 0.15) is 5.75 Å². The first kappa shape index (κ1) is 16.1. The third-order valence-corrected chi connectivity index (χ3v) is 4.33. The maximum Gasteiger partial charge on any atom is 0.195 e. The van der Waals surface area contributed by atoms with Crippen molar-refractivity contribution in [2.45, 2.75) is 6.92 Å². The summed E-state index contributed by atoms with van der Waals surface area (Å²) in [6, 6.07) is 8.13. The molecule has 0 saturated heterocycles. The number of nitrogen functional groups attached to an aromatic ring is 1. The fourth-order valence-electron chi connectivity index (χ4n) is 1.84. The predicted molar refractivity (Wildman–Crippen MR) is 89.6 cm³/mol. The lowest BCUT2D eigenvalue weighted by atomic mass is 10.0. The number of anilines is 1. The Balaban J connectivity index is 2.49. The number of hydrogen-bond acceptors (Lipinski definition) is 3. The van der Waals surface area contributed by atoms with Gasteiger partial charge in [-0.2, -0.15) is 0 Å².